The minimum absolute atomic E-state index is 0.0647. The van der Waals surface area contributed by atoms with Crippen molar-refractivity contribution in [2.75, 3.05) is 5.32 Å². The molecule has 2 aromatic carbocycles. The average molecular weight is 374 g/mol. The first-order valence-electron chi connectivity index (χ1n) is 8.24. The Kier molecular flexibility index (Phi) is 7.05. The zero-order valence-electron chi connectivity index (χ0n) is 14.9. The van der Waals surface area contributed by atoms with Gasteiger partial charge in [-0.1, -0.05) is 24.3 Å². The summed E-state index contributed by atoms with van der Waals surface area (Å²) in [5.41, 5.74) is 2.25. The van der Waals surface area contributed by atoms with E-state index in [9.17, 15) is 18.4 Å². The highest BCUT2D eigenvalue weighted by molar-refractivity contribution is 5.92. The van der Waals surface area contributed by atoms with Crippen molar-refractivity contribution < 1.29 is 23.1 Å². The van der Waals surface area contributed by atoms with Gasteiger partial charge in [0.2, 0.25) is 11.8 Å². The Morgan fingerprint density at radius 3 is 2.22 bits per heavy atom. The Morgan fingerprint density at radius 2 is 1.67 bits per heavy atom. The Bertz CT molecular complexity index is 803. The zero-order valence-corrected chi connectivity index (χ0v) is 14.9. The first-order chi connectivity index (χ1) is 12.8. The van der Waals surface area contributed by atoms with Gasteiger partial charge in [-0.25, -0.2) is 0 Å². The predicted octanol–water partition coefficient (Wildman–Crippen LogP) is 4.14. The van der Waals surface area contributed by atoms with Gasteiger partial charge < -0.3 is 15.4 Å². The molecule has 0 radical (unpaired) electrons. The van der Waals surface area contributed by atoms with E-state index in [-0.39, 0.29) is 23.6 Å². The van der Waals surface area contributed by atoms with Gasteiger partial charge in [0.05, 0.1) is 6.04 Å². The van der Waals surface area contributed by atoms with Gasteiger partial charge in [-0.05, 0) is 48.4 Å². The highest BCUT2D eigenvalue weighted by Crippen LogP contribution is 2.19. The van der Waals surface area contributed by atoms with Crippen LogP contribution in [0.1, 0.15) is 31.0 Å². The fraction of sp³-hybridized carbons (Fsp3) is 0.200. The third-order valence-corrected chi connectivity index (χ3v) is 3.62. The second-order valence-electron chi connectivity index (χ2n) is 5.81. The lowest BCUT2D eigenvalue weighted by Gasteiger charge is -2.13. The molecule has 0 spiro atoms. The van der Waals surface area contributed by atoms with E-state index in [2.05, 4.69) is 15.4 Å². The summed E-state index contributed by atoms with van der Waals surface area (Å²) in [5, 5.41) is 5.46. The van der Waals surface area contributed by atoms with Crippen LogP contribution in [0.25, 0.3) is 6.08 Å². The molecule has 5 nitrogen and oxygen atoms in total. The van der Waals surface area contributed by atoms with Crippen LogP contribution in [-0.4, -0.2) is 18.4 Å². The molecule has 0 bridgehead atoms. The molecule has 1 unspecified atom stereocenters. The number of alkyl halides is 2. The summed E-state index contributed by atoms with van der Waals surface area (Å²) in [5.74, 6) is -0.378. The Hall–Kier alpha value is -3.22. The minimum Gasteiger partial charge on any atom is -0.435 e. The van der Waals surface area contributed by atoms with Crippen LogP contribution in [0.2, 0.25) is 0 Å². The number of halogens is 2. The second-order valence-corrected chi connectivity index (χ2v) is 5.81. The summed E-state index contributed by atoms with van der Waals surface area (Å²) in [6, 6.07) is 12.8. The molecular formula is C20H20F2N2O3. The molecule has 0 saturated heterocycles. The summed E-state index contributed by atoms with van der Waals surface area (Å²) >= 11 is 0. The number of ether oxygens (including phenoxy) is 1. The van der Waals surface area contributed by atoms with Gasteiger partial charge >= 0.3 is 6.61 Å². The van der Waals surface area contributed by atoms with Crippen LogP contribution < -0.4 is 15.4 Å². The van der Waals surface area contributed by atoms with E-state index in [4.69, 9.17) is 0 Å². The average Bonchev–Trinajstić information content (AvgIpc) is 2.60. The van der Waals surface area contributed by atoms with Crippen LogP contribution in [0.15, 0.2) is 54.6 Å². The molecule has 0 aliphatic heterocycles. The van der Waals surface area contributed by atoms with Gasteiger partial charge in [-0.15, -0.1) is 0 Å². The van der Waals surface area contributed by atoms with Crippen LogP contribution in [-0.2, 0) is 9.59 Å². The van der Waals surface area contributed by atoms with E-state index < -0.39 is 6.61 Å². The lowest BCUT2D eigenvalue weighted by atomic mass is 10.1. The molecule has 0 fully saturated rings. The summed E-state index contributed by atoms with van der Waals surface area (Å²) < 4.78 is 28.6. The molecule has 0 aliphatic rings. The van der Waals surface area contributed by atoms with Crippen molar-refractivity contribution in [2.45, 2.75) is 26.5 Å². The van der Waals surface area contributed by atoms with Crippen molar-refractivity contribution in [3.63, 3.8) is 0 Å². The fourth-order valence-corrected chi connectivity index (χ4v) is 2.34. The van der Waals surface area contributed by atoms with Crippen molar-refractivity contribution in [1.29, 1.82) is 0 Å². The molecule has 2 N–H and O–H groups in total. The third-order valence-electron chi connectivity index (χ3n) is 3.62. The molecule has 2 aromatic rings. The van der Waals surface area contributed by atoms with Crippen molar-refractivity contribution in [3.8, 4) is 5.75 Å². The van der Waals surface area contributed by atoms with E-state index in [1.807, 2.05) is 0 Å². The summed E-state index contributed by atoms with van der Waals surface area (Å²) in [7, 11) is 0. The van der Waals surface area contributed by atoms with E-state index >= 15 is 0 Å². The van der Waals surface area contributed by atoms with Crippen LogP contribution >= 0.6 is 0 Å². The highest BCUT2D eigenvalue weighted by atomic mass is 19.3. The number of hydrogen-bond donors (Lipinski definition) is 2. The molecule has 0 aromatic heterocycles. The molecule has 27 heavy (non-hydrogen) atoms. The second kappa shape index (κ2) is 9.47. The van der Waals surface area contributed by atoms with E-state index in [0.29, 0.717) is 5.69 Å². The zero-order chi connectivity index (χ0) is 19.8. The number of carbonyl (C=O) groups is 2. The number of benzene rings is 2. The van der Waals surface area contributed by atoms with Crippen LogP contribution in [0.5, 0.6) is 5.75 Å². The van der Waals surface area contributed by atoms with Crippen molar-refractivity contribution in [3.05, 3.63) is 65.7 Å². The molecule has 2 rings (SSSR count). The lowest BCUT2D eigenvalue weighted by molar-refractivity contribution is -0.117. The molecule has 142 valence electrons. The number of anilines is 1. The quantitative estimate of drug-likeness (QED) is 0.716. The summed E-state index contributed by atoms with van der Waals surface area (Å²) in [6.45, 7) is 0.348. The number of rotatable bonds is 7. The molecule has 0 aliphatic carbocycles. The molecule has 7 heteroatoms. The van der Waals surface area contributed by atoms with Crippen molar-refractivity contribution in [2.24, 2.45) is 0 Å². The largest absolute Gasteiger partial charge is 0.435 e. The molecular weight excluding hydrogens is 354 g/mol. The maximum absolute atomic E-state index is 12.1. The summed E-state index contributed by atoms with van der Waals surface area (Å²) in [4.78, 5) is 23.0. The summed E-state index contributed by atoms with van der Waals surface area (Å²) in [6.07, 6.45) is 3.05. The predicted molar refractivity (Wildman–Crippen MR) is 99.4 cm³/mol. The van der Waals surface area contributed by atoms with Crippen molar-refractivity contribution >= 4 is 23.6 Å². The number of carbonyl (C=O) groups excluding carboxylic acids is 2. The van der Waals surface area contributed by atoms with Gasteiger partial charge in [-0.2, -0.15) is 8.78 Å². The fourth-order valence-electron chi connectivity index (χ4n) is 2.34. The number of hydrogen-bond acceptors (Lipinski definition) is 3. The van der Waals surface area contributed by atoms with Gasteiger partial charge in [0.25, 0.3) is 0 Å². The maximum atomic E-state index is 12.1. The molecule has 1 atom stereocenters. The Labute approximate surface area is 156 Å². The van der Waals surface area contributed by atoms with Crippen molar-refractivity contribution in [1.82, 2.24) is 5.32 Å². The smallest absolute Gasteiger partial charge is 0.387 e. The SMILES string of the molecule is CC(=O)Nc1ccc(/C=C/C(=O)NC(C)c2ccc(OC(F)F)cc2)cc1. The topological polar surface area (TPSA) is 67.4 Å². The van der Waals surface area contributed by atoms with Gasteiger partial charge in [-0.3, -0.25) is 9.59 Å². The van der Waals surface area contributed by atoms with Crippen LogP contribution in [0.3, 0.4) is 0 Å². The third kappa shape index (κ3) is 6.89. The number of amides is 2. The Morgan fingerprint density at radius 1 is 1.04 bits per heavy atom. The maximum Gasteiger partial charge on any atom is 0.387 e. The van der Waals surface area contributed by atoms with Crippen LogP contribution in [0, 0.1) is 0 Å². The molecule has 0 heterocycles. The monoisotopic (exact) mass is 374 g/mol. The highest BCUT2D eigenvalue weighted by Gasteiger charge is 2.09. The van der Waals surface area contributed by atoms with Gasteiger partial charge in [0.1, 0.15) is 5.75 Å². The molecule has 2 amide bonds. The molecule has 0 saturated carbocycles. The number of nitrogens with one attached hydrogen (secondary N) is 2. The van der Waals surface area contributed by atoms with Gasteiger partial charge in [0.15, 0.2) is 0 Å². The van der Waals surface area contributed by atoms with E-state index in [1.165, 1.54) is 25.1 Å². The normalized spacial score (nSPS) is 12.0. The van der Waals surface area contributed by atoms with E-state index in [1.54, 1.807) is 49.4 Å². The van der Waals surface area contributed by atoms with Crippen LogP contribution in [0.4, 0.5) is 14.5 Å². The lowest BCUT2D eigenvalue weighted by Crippen LogP contribution is -2.24. The first kappa shape index (κ1) is 20.1. The van der Waals surface area contributed by atoms with E-state index in [0.717, 1.165) is 11.1 Å². The minimum atomic E-state index is -2.87. The van der Waals surface area contributed by atoms with Gasteiger partial charge in [0, 0.05) is 18.7 Å². The standard InChI is InChI=1S/C20H20F2N2O3/c1-13(16-6-10-18(11-7-16)27-20(21)22)23-19(26)12-5-15-3-8-17(9-4-15)24-14(2)25/h3-13,20H,1-2H3,(H,23,26)(H,24,25)/b12-5+. The Balaban J connectivity index is 1.90. The first-order valence-corrected chi connectivity index (χ1v) is 8.24.